The van der Waals surface area contributed by atoms with Crippen molar-refractivity contribution >= 4 is 78.6 Å². The normalized spacial score (nSPS) is 17.2. The highest BCUT2D eigenvalue weighted by Crippen LogP contribution is 2.42. The molecule has 0 aliphatic carbocycles. The van der Waals surface area contributed by atoms with Crippen LogP contribution in [0.2, 0.25) is 5.02 Å². The third kappa shape index (κ3) is 4.73. The molecule has 0 spiro atoms. The lowest BCUT2D eigenvalue weighted by atomic mass is 10.1. The van der Waals surface area contributed by atoms with Crippen LogP contribution in [0.5, 0.6) is 11.5 Å². The summed E-state index contributed by atoms with van der Waals surface area (Å²) in [6, 6.07) is 8.57. The number of nitrogens with zero attached hydrogens (tertiary/aromatic N) is 2. The van der Waals surface area contributed by atoms with E-state index in [0.717, 1.165) is 17.3 Å². The Labute approximate surface area is 180 Å². The third-order valence-corrected chi connectivity index (χ3v) is 5.87. The van der Waals surface area contributed by atoms with Gasteiger partial charge in [-0.2, -0.15) is 5.10 Å². The number of benzene rings is 2. The number of thioether (sulfide) groups is 1. The molecule has 1 aliphatic rings. The fraction of sp³-hybridized carbons (Fsp3) is 0. The van der Waals surface area contributed by atoms with E-state index in [1.807, 2.05) is 0 Å². The highest BCUT2D eigenvalue weighted by molar-refractivity contribution is 9.11. The molecule has 1 heterocycles. The molecule has 0 aromatic heterocycles. The monoisotopic (exact) mass is 529 g/mol. The second-order valence-corrected chi connectivity index (χ2v) is 8.34. The molecule has 1 aliphatic heterocycles. The first-order chi connectivity index (χ1) is 12.8. The van der Waals surface area contributed by atoms with Crippen molar-refractivity contribution in [3.05, 3.63) is 60.3 Å². The first kappa shape index (κ1) is 19.9. The van der Waals surface area contributed by atoms with Crippen LogP contribution in [0.3, 0.4) is 0 Å². The Morgan fingerprint density at radius 1 is 1.15 bits per heavy atom. The zero-order valence-corrected chi connectivity index (χ0v) is 18.0. The second kappa shape index (κ2) is 8.47. The molecule has 1 saturated heterocycles. The number of rotatable bonds is 3. The van der Waals surface area contributed by atoms with E-state index < -0.39 is 0 Å². The second-order valence-electron chi connectivity index (χ2n) is 5.22. The zero-order chi connectivity index (χ0) is 19.6. The van der Waals surface area contributed by atoms with Crippen molar-refractivity contribution in [2.75, 3.05) is 0 Å². The van der Waals surface area contributed by atoms with E-state index in [2.05, 4.69) is 47.4 Å². The molecule has 27 heavy (non-hydrogen) atoms. The fourth-order valence-electron chi connectivity index (χ4n) is 2.04. The number of halogens is 3. The van der Waals surface area contributed by atoms with E-state index >= 15 is 0 Å². The van der Waals surface area contributed by atoms with E-state index in [1.165, 1.54) is 18.4 Å². The van der Waals surface area contributed by atoms with Gasteiger partial charge in [0.15, 0.2) is 5.17 Å². The number of hydrogen-bond acceptors (Lipinski definition) is 6. The molecule has 0 unspecified atom stereocenters. The molecule has 3 N–H and O–H groups in total. The summed E-state index contributed by atoms with van der Waals surface area (Å²) in [5.41, 5.74) is 1.17. The van der Waals surface area contributed by atoms with Gasteiger partial charge in [0.2, 0.25) is 0 Å². The van der Waals surface area contributed by atoms with Crippen LogP contribution < -0.4 is 5.32 Å². The molecular formula is C17H10Br2ClN3O3S. The molecular weight excluding hydrogens is 522 g/mol. The van der Waals surface area contributed by atoms with Gasteiger partial charge in [0.1, 0.15) is 16.0 Å². The summed E-state index contributed by atoms with van der Waals surface area (Å²) in [4.78, 5) is 12.4. The summed E-state index contributed by atoms with van der Waals surface area (Å²) in [5.74, 6) is -0.667. The number of amides is 1. The number of carbonyl (C=O) groups is 1. The van der Waals surface area contributed by atoms with Crippen LogP contribution in [-0.2, 0) is 4.79 Å². The Morgan fingerprint density at radius 2 is 1.85 bits per heavy atom. The van der Waals surface area contributed by atoms with Crippen LogP contribution in [0, 0.1) is 0 Å². The highest BCUT2D eigenvalue weighted by Gasteiger charge is 2.25. The van der Waals surface area contributed by atoms with Crippen LogP contribution >= 0.6 is 55.2 Å². The Balaban J connectivity index is 1.79. The Morgan fingerprint density at radius 3 is 2.56 bits per heavy atom. The molecule has 6 nitrogen and oxygen atoms in total. The first-order valence-corrected chi connectivity index (χ1v) is 10.1. The minimum Gasteiger partial charge on any atom is -0.506 e. The summed E-state index contributed by atoms with van der Waals surface area (Å²) < 4.78 is 0.512. The maximum absolute atomic E-state index is 12.1. The van der Waals surface area contributed by atoms with Gasteiger partial charge in [-0.3, -0.25) is 10.1 Å². The largest absolute Gasteiger partial charge is 0.506 e. The summed E-state index contributed by atoms with van der Waals surface area (Å²) in [5, 5.41) is 31.4. The minimum absolute atomic E-state index is 0.128. The molecule has 0 atom stereocenters. The van der Waals surface area contributed by atoms with Crippen molar-refractivity contribution in [1.82, 2.24) is 5.32 Å². The number of amidine groups is 1. The summed E-state index contributed by atoms with van der Waals surface area (Å²) in [6.45, 7) is 0. The van der Waals surface area contributed by atoms with Crippen LogP contribution in [0.4, 0.5) is 0 Å². The van der Waals surface area contributed by atoms with Crippen molar-refractivity contribution in [2.45, 2.75) is 0 Å². The fourth-order valence-corrected chi connectivity index (χ4v) is 4.09. The van der Waals surface area contributed by atoms with Crippen LogP contribution in [0.15, 0.2) is 54.4 Å². The van der Waals surface area contributed by atoms with Gasteiger partial charge in [0, 0.05) is 10.6 Å². The molecule has 0 radical (unpaired) electrons. The lowest BCUT2D eigenvalue weighted by Crippen LogP contribution is -2.19. The number of nitrogens with one attached hydrogen (secondary N) is 1. The first-order valence-electron chi connectivity index (χ1n) is 7.32. The standard InChI is InChI=1S/C17H10Br2ClN3O3S/c18-11-5-9(14(24)13(19)15(11)25)6-12-16(26)22-17(27-12)23-21-7-8-1-3-10(20)4-2-8/h1-7,24-25H,(H,22,23,26)/b12-6-,21-7+. The Hall–Kier alpha value is -1.81. The topological polar surface area (TPSA) is 94.3 Å². The van der Waals surface area contributed by atoms with Gasteiger partial charge in [0.25, 0.3) is 5.91 Å². The molecule has 3 rings (SSSR count). The van der Waals surface area contributed by atoms with E-state index in [4.69, 9.17) is 11.6 Å². The van der Waals surface area contributed by atoms with Crippen LogP contribution in [-0.4, -0.2) is 27.5 Å². The molecule has 0 bridgehead atoms. The SMILES string of the molecule is O=C1N/C(=N/N=C/c2ccc(Cl)cc2)S/C1=C\c1cc(Br)c(O)c(Br)c1O. The maximum Gasteiger partial charge on any atom is 0.264 e. The van der Waals surface area contributed by atoms with Crippen molar-refractivity contribution in [3.8, 4) is 11.5 Å². The molecule has 10 heteroatoms. The molecule has 2 aromatic rings. The van der Waals surface area contributed by atoms with Gasteiger partial charge < -0.3 is 10.2 Å². The number of hydrogen-bond donors (Lipinski definition) is 3. The molecule has 1 fully saturated rings. The van der Waals surface area contributed by atoms with Gasteiger partial charge in [0.05, 0.1) is 15.6 Å². The van der Waals surface area contributed by atoms with Crippen LogP contribution in [0.1, 0.15) is 11.1 Å². The zero-order valence-electron chi connectivity index (χ0n) is 13.3. The lowest BCUT2D eigenvalue weighted by molar-refractivity contribution is -0.115. The Kier molecular flexibility index (Phi) is 6.25. The van der Waals surface area contributed by atoms with E-state index in [9.17, 15) is 15.0 Å². The molecule has 1 amide bonds. The van der Waals surface area contributed by atoms with Crippen molar-refractivity contribution in [1.29, 1.82) is 0 Å². The van der Waals surface area contributed by atoms with E-state index in [0.29, 0.717) is 25.1 Å². The summed E-state index contributed by atoms with van der Waals surface area (Å²) in [6.07, 6.45) is 3.04. The minimum atomic E-state index is -0.361. The average molecular weight is 532 g/mol. The number of carbonyl (C=O) groups excluding carboxylic acids is 1. The lowest BCUT2D eigenvalue weighted by Gasteiger charge is -2.06. The van der Waals surface area contributed by atoms with Gasteiger partial charge in [-0.05, 0) is 73.5 Å². The average Bonchev–Trinajstić information content (AvgIpc) is 2.99. The van der Waals surface area contributed by atoms with Crippen molar-refractivity contribution in [3.63, 3.8) is 0 Å². The molecule has 138 valence electrons. The predicted octanol–water partition coefficient (Wildman–Crippen LogP) is 4.87. The molecule has 2 aromatic carbocycles. The number of aromatic hydroxyl groups is 2. The van der Waals surface area contributed by atoms with E-state index in [-0.39, 0.29) is 21.9 Å². The number of phenolic OH excluding ortho intramolecular Hbond substituents is 2. The predicted molar refractivity (Wildman–Crippen MR) is 115 cm³/mol. The van der Waals surface area contributed by atoms with Crippen molar-refractivity contribution < 1.29 is 15.0 Å². The van der Waals surface area contributed by atoms with Gasteiger partial charge in [-0.15, -0.1) is 5.10 Å². The van der Waals surface area contributed by atoms with Crippen molar-refractivity contribution in [2.24, 2.45) is 10.2 Å². The maximum atomic E-state index is 12.1. The van der Waals surface area contributed by atoms with Gasteiger partial charge >= 0.3 is 0 Å². The highest BCUT2D eigenvalue weighted by atomic mass is 79.9. The number of phenols is 2. The van der Waals surface area contributed by atoms with Crippen LogP contribution in [0.25, 0.3) is 6.08 Å². The van der Waals surface area contributed by atoms with Gasteiger partial charge in [-0.25, -0.2) is 0 Å². The van der Waals surface area contributed by atoms with Gasteiger partial charge in [-0.1, -0.05) is 23.7 Å². The molecule has 0 saturated carbocycles. The quantitative estimate of drug-likeness (QED) is 0.299. The summed E-state index contributed by atoms with van der Waals surface area (Å²) >= 11 is 13.2. The smallest absolute Gasteiger partial charge is 0.264 e. The summed E-state index contributed by atoms with van der Waals surface area (Å²) in [7, 11) is 0. The third-order valence-electron chi connectivity index (χ3n) is 3.36. The van der Waals surface area contributed by atoms with E-state index in [1.54, 1.807) is 24.3 Å². The Bertz CT molecular complexity index is 1010.